The van der Waals surface area contributed by atoms with Crippen LogP contribution in [0, 0.1) is 23.3 Å². The average molecular weight is 591 g/mol. The molecule has 2 heterocycles. The molecule has 0 saturated carbocycles. The van der Waals surface area contributed by atoms with E-state index in [1.165, 1.54) is 0 Å². The number of sulfone groups is 1. The monoisotopic (exact) mass is 591 g/mol. The zero-order chi connectivity index (χ0) is 28.5. The van der Waals surface area contributed by atoms with Gasteiger partial charge in [-0.05, 0) is 30.3 Å². The number of rotatable bonds is 10. The number of phosphoric acid groups is 1. The maximum absolute atomic E-state index is 14.7. The van der Waals surface area contributed by atoms with E-state index in [4.69, 9.17) is 14.5 Å². The molecule has 0 aliphatic heterocycles. The largest absolute Gasteiger partial charge is 0.471 e. The topological polar surface area (TPSA) is 166 Å². The summed E-state index contributed by atoms with van der Waals surface area (Å²) < 4.78 is 101. The van der Waals surface area contributed by atoms with Gasteiger partial charge >= 0.3 is 13.8 Å². The van der Waals surface area contributed by atoms with Crippen molar-refractivity contribution in [2.75, 3.05) is 23.9 Å². The maximum Gasteiger partial charge on any atom is 0.471 e. The zero-order valence-corrected chi connectivity index (χ0v) is 21.4. The molecule has 0 aliphatic carbocycles. The lowest BCUT2D eigenvalue weighted by atomic mass is 10.1. The fourth-order valence-electron chi connectivity index (χ4n) is 3.32. The Morgan fingerprint density at radius 3 is 2.38 bits per heavy atom. The lowest BCUT2D eigenvalue weighted by molar-refractivity contribution is 0.148. The molecule has 2 aromatic heterocycles. The number of fused-ring (bicyclic) bond motifs is 1. The molecule has 0 aliphatic rings. The number of ether oxygens (including phenoxy) is 1. The first-order valence-electron chi connectivity index (χ1n) is 10.7. The van der Waals surface area contributed by atoms with Crippen molar-refractivity contribution in [1.29, 1.82) is 0 Å². The number of hydrogen-bond donors (Lipinski definition) is 3. The highest BCUT2D eigenvalue weighted by atomic mass is 32.2. The second kappa shape index (κ2) is 10.9. The normalized spacial score (nSPS) is 12.2. The van der Waals surface area contributed by atoms with Crippen LogP contribution in [-0.2, 0) is 25.7 Å². The van der Waals surface area contributed by atoms with Gasteiger partial charge in [-0.15, -0.1) is 0 Å². The summed E-state index contributed by atoms with van der Waals surface area (Å²) in [5.41, 5.74) is -1.02. The summed E-state index contributed by atoms with van der Waals surface area (Å²) in [6.07, 6.45) is 0.973. The smallest absolute Gasteiger partial charge is 0.421 e. The third-order valence-corrected chi connectivity index (χ3v) is 6.36. The Balaban J connectivity index is 1.93. The predicted molar refractivity (Wildman–Crippen MR) is 128 cm³/mol. The van der Waals surface area contributed by atoms with Crippen LogP contribution in [0.1, 0.15) is 0 Å². The first-order valence-corrected chi connectivity index (χ1v) is 14.3. The van der Waals surface area contributed by atoms with Gasteiger partial charge in [-0.1, -0.05) is 0 Å². The van der Waals surface area contributed by atoms with Gasteiger partial charge in [0, 0.05) is 24.4 Å². The first kappa shape index (κ1) is 28.4. The summed E-state index contributed by atoms with van der Waals surface area (Å²) >= 11 is 0. The lowest BCUT2D eigenvalue weighted by Crippen LogP contribution is -2.15. The quantitative estimate of drug-likeness (QED) is 0.183. The van der Waals surface area contributed by atoms with E-state index in [2.05, 4.69) is 24.9 Å². The second-order valence-corrected chi connectivity index (χ2v) is 11.5. The number of halogens is 4. The second-order valence-electron chi connectivity index (χ2n) is 8.01. The van der Waals surface area contributed by atoms with E-state index in [0.29, 0.717) is 6.07 Å². The molecule has 0 amide bonds. The average Bonchev–Trinajstić information content (AvgIpc) is 3.18. The van der Waals surface area contributed by atoms with Gasteiger partial charge in [-0.25, -0.2) is 35.2 Å². The van der Waals surface area contributed by atoms with Crippen LogP contribution in [0.5, 0.6) is 11.8 Å². The van der Waals surface area contributed by atoms with Gasteiger partial charge in [0.1, 0.15) is 38.8 Å². The van der Waals surface area contributed by atoms with E-state index >= 15 is 0 Å². The van der Waals surface area contributed by atoms with Gasteiger partial charge in [0.2, 0.25) is 0 Å². The molecule has 0 bridgehead atoms. The van der Waals surface area contributed by atoms with E-state index in [1.54, 1.807) is 0 Å². The molecular formula is C21H18F4N5O7PS. The van der Waals surface area contributed by atoms with Crippen LogP contribution in [0.2, 0.25) is 0 Å². The molecule has 208 valence electrons. The number of hydrogen-bond acceptors (Lipinski definition) is 9. The highest BCUT2D eigenvalue weighted by Gasteiger charge is 2.25. The van der Waals surface area contributed by atoms with Crippen LogP contribution in [0.3, 0.4) is 0 Å². The van der Waals surface area contributed by atoms with Crippen LogP contribution in [0.4, 0.5) is 23.4 Å². The number of phosphoric ester groups is 1. The number of benzene rings is 2. The number of anilines is 1. The molecule has 2 aromatic carbocycles. The molecule has 39 heavy (non-hydrogen) atoms. The molecule has 3 N–H and O–H groups in total. The van der Waals surface area contributed by atoms with Crippen molar-refractivity contribution in [2.45, 2.75) is 6.73 Å². The van der Waals surface area contributed by atoms with Gasteiger partial charge in [0.15, 0.2) is 23.9 Å². The molecule has 0 radical (unpaired) electrons. The third-order valence-electron chi connectivity index (χ3n) is 4.96. The van der Waals surface area contributed by atoms with E-state index in [1.807, 2.05) is 0 Å². The summed E-state index contributed by atoms with van der Waals surface area (Å²) in [7, 11) is -8.52. The van der Waals surface area contributed by atoms with Crippen molar-refractivity contribution in [2.24, 2.45) is 0 Å². The van der Waals surface area contributed by atoms with Gasteiger partial charge in [-0.2, -0.15) is 15.1 Å². The van der Waals surface area contributed by atoms with Crippen LogP contribution in [0.15, 0.2) is 36.4 Å². The third kappa shape index (κ3) is 7.07. The molecule has 12 nitrogen and oxygen atoms in total. The van der Waals surface area contributed by atoms with Crippen LogP contribution in [-0.4, -0.2) is 56.5 Å². The van der Waals surface area contributed by atoms with Gasteiger partial charge in [0.25, 0.3) is 0 Å². The predicted octanol–water partition coefficient (Wildman–Crippen LogP) is 3.37. The zero-order valence-electron chi connectivity index (χ0n) is 19.7. The van der Waals surface area contributed by atoms with Gasteiger partial charge < -0.3 is 19.8 Å². The minimum atomic E-state index is -5.05. The van der Waals surface area contributed by atoms with Gasteiger partial charge in [0.05, 0.1) is 11.1 Å². The molecular weight excluding hydrogens is 573 g/mol. The molecule has 0 saturated heterocycles. The minimum absolute atomic E-state index is 0.144. The van der Waals surface area contributed by atoms with Crippen molar-refractivity contribution in [3.8, 4) is 23.0 Å². The van der Waals surface area contributed by atoms with Crippen molar-refractivity contribution in [3.05, 3.63) is 59.7 Å². The highest BCUT2D eigenvalue weighted by molar-refractivity contribution is 7.90. The lowest BCUT2D eigenvalue weighted by Gasteiger charge is -2.11. The van der Waals surface area contributed by atoms with Crippen LogP contribution < -0.4 is 10.1 Å². The van der Waals surface area contributed by atoms with E-state index < -0.39 is 65.0 Å². The minimum Gasteiger partial charge on any atom is -0.421 e. The Morgan fingerprint density at radius 1 is 1.03 bits per heavy atom. The summed E-state index contributed by atoms with van der Waals surface area (Å²) in [6.45, 7) is -1.19. The molecule has 0 unspecified atom stereocenters. The molecule has 0 fully saturated rings. The maximum atomic E-state index is 14.7. The van der Waals surface area contributed by atoms with Crippen molar-refractivity contribution >= 4 is 34.5 Å². The van der Waals surface area contributed by atoms with Crippen LogP contribution in [0.25, 0.3) is 22.3 Å². The molecule has 4 rings (SSSR count). The summed E-state index contributed by atoms with van der Waals surface area (Å²) in [4.78, 5) is 26.4. The van der Waals surface area contributed by atoms with E-state index in [-0.39, 0.29) is 34.8 Å². The molecule has 0 spiro atoms. The standard InChI is InChI=1S/C21H18F4N5O7PS/c1-39(34,35)7-6-26-19-17-18(13-8-11(22)2-4-14(13)24)29-30(10-36-38(31,32)33)20(17)28-21(27-19)37-16-5-3-12(23)9-15(16)25/h2-5,8-9H,6-7,10H2,1H3,(H,26,27,28)(H2,31,32,33). The van der Waals surface area contributed by atoms with Crippen molar-refractivity contribution in [3.63, 3.8) is 0 Å². The van der Waals surface area contributed by atoms with Gasteiger partial charge in [-0.3, -0.25) is 4.52 Å². The fourth-order valence-corrected chi connectivity index (χ4v) is 4.06. The molecule has 4 aromatic rings. The fraction of sp³-hybridized carbons (Fsp3) is 0.190. The first-order chi connectivity index (χ1) is 18.2. The molecule has 18 heteroatoms. The van der Waals surface area contributed by atoms with Crippen LogP contribution >= 0.6 is 7.82 Å². The Morgan fingerprint density at radius 2 is 1.72 bits per heavy atom. The SMILES string of the molecule is CS(=O)(=O)CCNc1nc(Oc2ccc(F)cc2F)nc2c1c(-c1cc(F)ccc1F)nn2COP(=O)(O)O. The number of aromatic nitrogens is 4. The Labute approximate surface area is 217 Å². The Bertz CT molecular complexity index is 1710. The number of nitrogens with one attached hydrogen (secondary N) is 1. The van der Waals surface area contributed by atoms with Crippen molar-refractivity contribution < 1.29 is 49.6 Å². The Hall–Kier alpha value is -3.63. The summed E-state index contributed by atoms with van der Waals surface area (Å²) in [5, 5.41) is 6.61. The highest BCUT2D eigenvalue weighted by Crippen LogP contribution is 2.39. The summed E-state index contributed by atoms with van der Waals surface area (Å²) in [5.74, 6) is -4.93. The van der Waals surface area contributed by atoms with Crippen molar-refractivity contribution in [1.82, 2.24) is 19.7 Å². The number of nitrogens with zero attached hydrogens (tertiary/aromatic N) is 4. The summed E-state index contributed by atoms with van der Waals surface area (Å²) in [6, 6.07) is 4.22. The van der Waals surface area contributed by atoms with E-state index in [9.17, 15) is 30.5 Å². The molecule has 0 atom stereocenters. The Kier molecular flexibility index (Phi) is 7.90. The van der Waals surface area contributed by atoms with E-state index in [0.717, 1.165) is 41.3 Å².